The number of hydrogen-bond donors (Lipinski definition) is 2. The number of benzene rings is 1. The van der Waals surface area contributed by atoms with E-state index < -0.39 is 17.0 Å². The van der Waals surface area contributed by atoms with E-state index >= 15 is 0 Å². The largest absolute Gasteiger partial charge is 0.768 e. The molecule has 0 aliphatic heterocycles. The van der Waals surface area contributed by atoms with Gasteiger partial charge in [0.25, 0.3) is 0 Å². The molecule has 0 amide bonds. The van der Waals surface area contributed by atoms with Gasteiger partial charge in [0.2, 0.25) is 0 Å². The molecule has 0 saturated heterocycles. The lowest BCUT2D eigenvalue weighted by molar-refractivity contribution is 0.0698. The van der Waals surface area contributed by atoms with Crippen molar-refractivity contribution < 1.29 is 18.7 Å². The smallest absolute Gasteiger partial charge is 0.337 e. The van der Waals surface area contributed by atoms with Crippen molar-refractivity contribution in [1.82, 2.24) is 0 Å². The van der Waals surface area contributed by atoms with Gasteiger partial charge in [-0.2, -0.15) is 0 Å². The van der Waals surface area contributed by atoms with Crippen LogP contribution in [0.15, 0.2) is 23.1 Å². The molecule has 0 heterocycles. The zero-order valence-corrected chi connectivity index (χ0v) is 7.21. The van der Waals surface area contributed by atoms with Gasteiger partial charge >= 0.3 is 5.97 Å². The molecule has 0 spiro atoms. The average molecular weight is 200 g/mol. The Morgan fingerprint density at radius 1 is 1.54 bits per heavy atom. The van der Waals surface area contributed by atoms with Crippen molar-refractivity contribution in [3.8, 4) is 0 Å². The van der Waals surface area contributed by atoms with Gasteiger partial charge in [-0.3, -0.25) is 4.21 Å². The third-order valence-electron chi connectivity index (χ3n) is 1.45. The molecular weight excluding hydrogens is 194 g/mol. The molecule has 0 aliphatic rings. The van der Waals surface area contributed by atoms with Gasteiger partial charge in [0.1, 0.15) is 0 Å². The maximum atomic E-state index is 10.5. The number of rotatable bonds is 2. The zero-order valence-electron chi connectivity index (χ0n) is 6.39. The molecular formula is C7H6NO4S-. The summed E-state index contributed by atoms with van der Waals surface area (Å²) in [6, 6.07) is 3.50. The molecule has 6 heteroatoms. The van der Waals surface area contributed by atoms with Crippen LogP contribution in [0.5, 0.6) is 0 Å². The third-order valence-corrected chi connectivity index (χ3v) is 2.09. The molecule has 1 rings (SSSR count). The van der Waals surface area contributed by atoms with Crippen LogP contribution in [0, 0.1) is 0 Å². The van der Waals surface area contributed by atoms with E-state index in [0.717, 1.165) is 6.07 Å². The Balaban J connectivity index is 3.27. The van der Waals surface area contributed by atoms with Gasteiger partial charge in [-0.1, -0.05) is 0 Å². The van der Waals surface area contributed by atoms with Gasteiger partial charge < -0.3 is 15.4 Å². The van der Waals surface area contributed by atoms with Crippen LogP contribution in [0.3, 0.4) is 0 Å². The number of aromatic carboxylic acids is 1. The number of nitrogen functional groups attached to an aromatic ring is 1. The highest BCUT2D eigenvalue weighted by molar-refractivity contribution is 7.79. The van der Waals surface area contributed by atoms with Gasteiger partial charge in [-0.05, 0) is 29.3 Å². The van der Waals surface area contributed by atoms with Crippen LogP contribution in [0.2, 0.25) is 0 Å². The number of hydrogen-bond acceptors (Lipinski definition) is 4. The van der Waals surface area contributed by atoms with Crippen molar-refractivity contribution in [3.63, 3.8) is 0 Å². The number of nitrogens with two attached hydrogens (primary N) is 1. The second-order valence-corrected chi connectivity index (χ2v) is 3.23. The molecule has 0 saturated carbocycles. The van der Waals surface area contributed by atoms with E-state index in [1.54, 1.807) is 0 Å². The van der Waals surface area contributed by atoms with Crippen molar-refractivity contribution in [2.45, 2.75) is 4.90 Å². The van der Waals surface area contributed by atoms with E-state index in [4.69, 9.17) is 10.8 Å². The molecule has 13 heavy (non-hydrogen) atoms. The Hall–Kier alpha value is -1.40. The second kappa shape index (κ2) is 3.55. The van der Waals surface area contributed by atoms with E-state index in [-0.39, 0.29) is 16.1 Å². The first-order chi connectivity index (χ1) is 6.02. The lowest BCUT2D eigenvalue weighted by Gasteiger charge is -2.07. The molecule has 70 valence electrons. The highest BCUT2D eigenvalue weighted by Crippen LogP contribution is 2.15. The van der Waals surface area contributed by atoms with Crippen LogP contribution >= 0.6 is 0 Å². The van der Waals surface area contributed by atoms with Gasteiger partial charge in [-0.15, -0.1) is 0 Å². The molecule has 3 N–H and O–H groups in total. The first-order valence-corrected chi connectivity index (χ1v) is 4.32. The summed E-state index contributed by atoms with van der Waals surface area (Å²) in [6.45, 7) is 0. The number of anilines is 1. The Morgan fingerprint density at radius 2 is 2.15 bits per heavy atom. The van der Waals surface area contributed by atoms with Crippen molar-refractivity contribution in [2.24, 2.45) is 0 Å². The van der Waals surface area contributed by atoms with Crippen LogP contribution in [0.1, 0.15) is 10.4 Å². The summed E-state index contributed by atoms with van der Waals surface area (Å²) in [4.78, 5) is 10.4. The fourth-order valence-corrected chi connectivity index (χ4v) is 1.22. The summed E-state index contributed by atoms with van der Waals surface area (Å²) < 4.78 is 20.9. The van der Waals surface area contributed by atoms with Crippen LogP contribution in [-0.2, 0) is 11.1 Å². The summed E-state index contributed by atoms with van der Waals surface area (Å²) in [5, 5.41) is 8.59. The van der Waals surface area contributed by atoms with Gasteiger partial charge in [0, 0.05) is 10.6 Å². The lowest BCUT2D eigenvalue weighted by Crippen LogP contribution is -2.03. The third kappa shape index (κ3) is 2.04. The lowest BCUT2D eigenvalue weighted by atomic mass is 10.2. The fraction of sp³-hybridized carbons (Fsp3) is 0. The van der Waals surface area contributed by atoms with E-state index in [2.05, 4.69) is 0 Å². The predicted molar refractivity (Wildman–Crippen MR) is 45.0 cm³/mol. The van der Waals surface area contributed by atoms with E-state index in [1.165, 1.54) is 12.1 Å². The quantitative estimate of drug-likeness (QED) is 0.524. The molecule has 1 unspecified atom stereocenters. The Bertz CT molecular complexity index is 377. The summed E-state index contributed by atoms with van der Waals surface area (Å²) in [5.74, 6) is -1.25. The Morgan fingerprint density at radius 3 is 2.62 bits per heavy atom. The molecule has 1 aromatic carbocycles. The predicted octanol–water partition coefficient (Wildman–Crippen LogP) is 0.205. The van der Waals surface area contributed by atoms with E-state index in [0.29, 0.717) is 0 Å². The van der Waals surface area contributed by atoms with Crippen molar-refractivity contribution in [1.29, 1.82) is 0 Å². The van der Waals surface area contributed by atoms with Crippen LogP contribution in [0.4, 0.5) is 5.69 Å². The summed E-state index contributed by atoms with van der Waals surface area (Å²) in [5.41, 5.74) is 5.15. The molecule has 0 fully saturated rings. The SMILES string of the molecule is Nc1ccc(S(=O)[O-])cc1C(=O)O. The van der Waals surface area contributed by atoms with Gasteiger partial charge in [-0.25, -0.2) is 4.79 Å². The zero-order chi connectivity index (χ0) is 10.0. The van der Waals surface area contributed by atoms with E-state index in [9.17, 15) is 13.6 Å². The Labute approximate surface area is 76.5 Å². The number of carbonyl (C=O) groups is 1. The van der Waals surface area contributed by atoms with Crippen LogP contribution in [0.25, 0.3) is 0 Å². The van der Waals surface area contributed by atoms with Crippen LogP contribution < -0.4 is 5.73 Å². The maximum Gasteiger partial charge on any atom is 0.337 e. The topological polar surface area (TPSA) is 103 Å². The minimum Gasteiger partial charge on any atom is -0.768 e. The molecule has 1 atom stereocenters. The number of carboxylic acid groups (broad SMARTS) is 1. The molecule has 5 nitrogen and oxygen atoms in total. The van der Waals surface area contributed by atoms with Crippen LogP contribution in [-0.4, -0.2) is 19.8 Å². The summed E-state index contributed by atoms with van der Waals surface area (Å²) in [7, 11) is 0. The normalized spacial score (nSPS) is 12.4. The van der Waals surface area contributed by atoms with Gasteiger partial charge in [0.05, 0.1) is 5.56 Å². The summed E-state index contributed by atoms with van der Waals surface area (Å²) in [6.07, 6.45) is 0. The average Bonchev–Trinajstić information content (AvgIpc) is 2.04. The molecule has 0 aliphatic carbocycles. The minimum absolute atomic E-state index is 0.0432. The fourth-order valence-electron chi connectivity index (χ4n) is 0.824. The van der Waals surface area contributed by atoms with Gasteiger partial charge in [0.15, 0.2) is 0 Å². The molecule has 0 radical (unpaired) electrons. The molecule has 0 bridgehead atoms. The van der Waals surface area contributed by atoms with E-state index in [1.807, 2.05) is 0 Å². The standard InChI is InChI=1S/C7H7NO4S/c8-6-2-1-4(13(11)12)3-5(6)7(9)10/h1-3H,8H2,(H,9,10)(H,11,12)/p-1. The molecule has 1 aromatic rings. The Kier molecular flexibility index (Phi) is 2.64. The van der Waals surface area contributed by atoms with Crippen molar-refractivity contribution in [2.75, 3.05) is 5.73 Å². The molecule has 0 aromatic heterocycles. The first kappa shape index (κ1) is 9.69. The monoisotopic (exact) mass is 200 g/mol. The minimum atomic E-state index is -2.43. The maximum absolute atomic E-state index is 10.5. The van der Waals surface area contributed by atoms with Crippen molar-refractivity contribution in [3.05, 3.63) is 23.8 Å². The highest BCUT2D eigenvalue weighted by Gasteiger charge is 2.08. The number of carboxylic acids is 1. The van der Waals surface area contributed by atoms with Crippen molar-refractivity contribution >= 4 is 22.7 Å². The first-order valence-electron chi connectivity index (χ1n) is 3.24. The highest BCUT2D eigenvalue weighted by atomic mass is 32.2. The summed E-state index contributed by atoms with van der Waals surface area (Å²) >= 11 is -2.43. The second-order valence-electron chi connectivity index (χ2n) is 2.29.